The van der Waals surface area contributed by atoms with Crippen LogP contribution < -0.4 is 11.3 Å². The number of nitrogens with two attached hydrogens (primary N) is 1. The number of pyridine rings is 1. The number of nitrogens with one attached hydrogen (secondary N) is 1. The Balaban J connectivity index is 1.89. The van der Waals surface area contributed by atoms with Crippen LogP contribution in [-0.4, -0.2) is 48.0 Å². The third kappa shape index (κ3) is 3.15. The van der Waals surface area contributed by atoms with Gasteiger partial charge in [0.2, 0.25) is 0 Å². The summed E-state index contributed by atoms with van der Waals surface area (Å²) in [5.41, 5.74) is 3.78. The van der Waals surface area contributed by atoms with Crippen molar-refractivity contribution in [1.82, 2.24) is 14.8 Å². The highest BCUT2D eigenvalue weighted by atomic mass is 15.2. The van der Waals surface area contributed by atoms with Crippen molar-refractivity contribution in [3.8, 4) is 0 Å². The predicted molar refractivity (Wildman–Crippen MR) is 69.4 cm³/mol. The summed E-state index contributed by atoms with van der Waals surface area (Å²) >= 11 is 0. The van der Waals surface area contributed by atoms with E-state index >= 15 is 0 Å². The molecule has 0 bridgehead atoms. The topological polar surface area (TPSA) is 57.4 Å². The molecule has 2 heterocycles. The Morgan fingerprint density at radius 3 is 2.88 bits per heavy atom. The first-order chi connectivity index (χ1) is 8.19. The summed E-state index contributed by atoms with van der Waals surface area (Å²) < 4.78 is 0. The van der Waals surface area contributed by atoms with Gasteiger partial charge in [0, 0.05) is 31.9 Å². The quantitative estimate of drug-likeness (QED) is 0.588. The molecule has 0 radical (unpaired) electrons. The molecule has 0 aromatic carbocycles. The lowest BCUT2D eigenvalue weighted by atomic mass is 10.2. The number of likely N-dealkylation sites (N-methyl/N-ethyl adjacent to an activating group) is 1. The van der Waals surface area contributed by atoms with Gasteiger partial charge in [0.1, 0.15) is 5.82 Å². The highest BCUT2D eigenvalue weighted by Gasteiger charge is 2.23. The van der Waals surface area contributed by atoms with Crippen LogP contribution in [0.3, 0.4) is 0 Å². The Hall–Kier alpha value is -1.17. The van der Waals surface area contributed by atoms with Crippen LogP contribution in [0.1, 0.15) is 12.0 Å². The SMILES string of the molecule is CN(C)C1CCN(Cc2ccc(NN)nc2)C1. The van der Waals surface area contributed by atoms with Crippen LogP contribution in [-0.2, 0) is 6.54 Å². The lowest BCUT2D eigenvalue weighted by Crippen LogP contribution is -2.31. The standard InChI is InChI=1S/C12H21N5/c1-16(2)11-5-6-17(9-11)8-10-3-4-12(15-13)14-7-10/h3-4,7,11H,5-6,8-9,13H2,1-2H3,(H,14,15). The molecule has 1 unspecified atom stereocenters. The first-order valence-corrected chi connectivity index (χ1v) is 5.99. The zero-order valence-electron chi connectivity index (χ0n) is 10.6. The second kappa shape index (κ2) is 5.44. The summed E-state index contributed by atoms with van der Waals surface area (Å²) in [6, 6.07) is 4.67. The van der Waals surface area contributed by atoms with Crippen molar-refractivity contribution < 1.29 is 0 Å². The summed E-state index contributed by atoms with van der Waals surface area (Å²) in [6.07, 6.45) is 3.14. The maximum Gasteiger partial charge on any atom is 0.139 e. The molecule has 0 aliphatic carbocycles. The molecule has 1 aliphatic rings. The second-order valence-corrected chi connectivity index (χ2v) is 4.84. The van der Waals surface area contributed by atoms with E-state index in [0.717, 1.165) is 13.1 Å². The summed E-state index contributed by atoms with van der Waals surface area (Å²) in [4.78, 5) is 8.99. The van der Waals surface area contributed by atoms with E-state index in [1.807, 2.05) is 12.3 Å². The first kappa shape index (κ1) is 12.3. The minimum atomic E-state index is 0.688. The van der Waals surface area contributed by atoms with Crippen LogP contribution in [0.2, 0.25) is 0 Å². The Bertz CT molecular complexity index is 348. The normalized spacial score (nSPS) is 21.1. The Morgan fingerprint density at radius 1 is 1.53 bits per heavy atom. The summed E-state index contributed by atoms with van der Waals surface area (Å²) in [6.45, 7) is 3.28. The fraction of sp³-hybridized carbons (Fsp3) is 0.583. The number of hydrogen-bond donors (Lipinski definition) is 2. The van der Waals surface area contributed by atoms with Gasteiger partial charge in [0.05, 0.1) is 0 Å². The van der Waals surface area contributed by atoms with E-state index < -0.39 is 0 Å². The van der Waals surface area contributed by atoms with Gasteiger partial charge in [-0.15, -0.1) is 0 Å². The highest BCUT2D eigenvalue weighted by Crippen LogP contribution is 2.16. The maximum absolute atomic E-state index is 5.29. The monoisotopic (exact) mass is 235 g/mol. The Labute approximate surface area is 103 Å². The number of aromatic nitrogens is 1. The van der Waals surface area contributed by atoms with Gasteiger partial charge in [0.15, 0.2) is 0 Å². The van der Waals surface area contributed by atoms with Crippen molar-refractivity contribution in [2.75, 3.05) is 32.6 Å². The zero-order valence-corrected chi connectivity index (χ0v) is 10.6. The molecule has 1 saturated heterocycles. The van der Waals surface area contributed by atoms with Crippen LogP contribution in [0, 0.1) is 0 Å². The maximum atomic E-state index is 5.29. The molecule has 5 nitrogen and oxygen atoms in total. The summed E-state index contributed by atoms with van der Waals surface area (Å²) in [5, 5.41) is 0. The molecule has 1 aromatic rings. The van der Waals surface area contributed by atoms with E-state index in [0.29, 0.717) is 11.9 Å². The van der Waals surface area contributed by atoms with Crippen molar-refractivity contribution in [3.05, 3.63) is 23.9 Å². The van der Waals surface area contributed by atoms with Crippen LogP contribution in [0.4, 0.5) is 5.82 Å². The van der Waals surface area contributed by atoms with Crippen LogP contribution in [0.15, 0.2) is 18.3 Å². The molecule has 0 spiro atoms. The van der Waals surface area contributed by atoms with E-state index in [1.165, 1.54) is 18.5 Å². The lowest BCUT2D eigenvalue weighted by molar-refractivity contribution is 0.264. The average molecular weight is 235 g/mol. The molecule has 0 amide bonds. The molecule has 1 aliphatic heterocycles. The van der Waals surface area contributed by atoms with Crippen molar-refractivity contribution in [1.29, 1.82) is 0 Å². The van der Waals surface area contributed by atoms with Crippen molar-refractivity contribution in [2.45, 2.75) is 19.0 Å². The molecular formula is C12H21N5. The van der Waals surface area contributed by atoms with E-state index in [9.17, 15) is 0 Å². The molecule has 17 heavy (non-hydrogen) atoms. The largest absolute Gasteiger partial charge is 0.308 e. The Morgan fingerprint density at radius 2 is 2.35 bits per heavy atom. The third-order valence-corrected chi connectivity index (χ3v) is 3.36. The fourth-order valence-electron chi connectivity index (χ4n) is 2.24. The minimum Gasteiger partial charge on any atom is -0.308 e. The van der Waals surface area contributed by atoms with Gasteiger partial charge in [-0.1, -0.05) is 6.07 Å². The molecule has 1 atom stereocenters. The summed E-state index contributed by atoms with van der Waals surface area (Å²) in [5.74, 6) is 6.00. The number of hydrazine groups is 1. The first-order valence-electron chi connectivity index (χ1n) is 5.99. The van der Waals surface area contributed by atoms with Gasteiger partial charge >= 0.3 is 0 Å². The Kier molecular flexibility index (Phi) is 3.93. The van der Waals surface area contributed by atoms with E-state index in [1.54, 1.807) is 0 Å². The van der Waals surface area contributed by atoms with Gasteiger partial charge in [0.25, 0.3) is 0 Å². The van der Waals surface area contributed by atoms with Crippen LogP contribution >= 0.6 is 0 Å². The van der Waals surface area contributed by atoms with Crippen LogP contribution in [0.25, 0.3) is 0 Å². The van der Waals surface area contributed by atoms with Gasteiger partial charge in [-0.2, -0.15) is 0 Å². The molecule has 94 valence electrons. The van der Waals surface area contributed by atoms with E-state index in [2.05, 4.69) is 40.4 Å². The molecular weight excluding hydrogens is 214 g/mol. The van der Waals surface area contributed by atoms with Crippen molar-refractivity contribution in [3.63, 3.8) is 0 Å². The van der Waals surface area contributed by atoms with Gasteiger partial charge in [-0.25, -0.2) is 10.8 Å². The second-order valence-electron chi connectivity index (χ2n) is 4.84. The molecule has 3 N–H and O–H groups in total. The number of rotatable bonds is 4. The fourth-order valence-corrected chi connectivity index (χ4v) is 2.24. The predicted octanol–water partition coefficient (Wildman–Crippen LogP) is 0.503. The summed E-state index contributed by atoms with van der Waals surface area (Å²) in [7, 11) is 4.30. The third-order valence-electron chi connectivity index (χ3n) is 3.36. The molecule has 2 rings (SSSR count). The molecule has 5 heteroatoms. The van der Waals surface area contributed by atoms with Gasteiger partial charge in [-0.3, -0.25) is 4.90 Å². The smallest absolute Gasteiger partial charge is 0.139 e. The van der Waals surface area contributed by atoms with Gasteiger partial charge in [-0.05, 0) is 32.1 Å². The molecule has 0 saturated carbocycles. The van der Waals surface area contributed by atoms with E-state index in [4.69, 9.17) is 5.84 Å². The minimum absolute atomic E-state index is 0.688. The molecule has 1 fully saturated rings. The average Bonchev–Trinajstić information content (AvgIpc) is 2.79. The van der Waals surface area contributed by atoms with Crippen molar-refractivity contribution in [2.24, 2.45) is 5.84 Å². The number of likely N-dealkylation sites (tertiary alicyclic amines) is 1. The van der Waals surface area contributed by atoms with Gasteiger partial charge < -0.3 is 10.3 Å². The highest BCUT2D eigenvalue weighted by molar-refractivity contribution is 5.33. The number of anilines is 1. The van der Waals surface area contributed by atoms with Crippen molar-refractivity contribution >= 4 is 5.82 Å². The number of nitrogen functional groups attached to an aromatic ring is 1. The number of nitrogens with zero attached hydrogens (tertiary/aromatic N) is 3. The van der Waals surface area contributed by atoms with Crippen LogP contribution in [0.5, 0.6) is 0 Å². The van der Waals surface area contributed by atoms with E-state index in [-0.39, 0.29) is 0 Å². The molecule has 1 aromatic heterocycles. The lowest BCUT2D eigenvalue weighted by Gasteiger charge is -2.20. The zero-order chi connectivity index (χ0) is 12.3. The number of hydrogen-bond acceptors (Lipinski definition) is 5.